The minimum Gasteiger partial charge on any atom is -0.460 e. The predicted octanol–water partition coefficient (Wildman–Crippen LogP) is 2.45. The Balaban J connectivity index is 1.64. The molecule has 0 fully saturated rings. The number of nitrogens with zero attached hydrogens (tertiary/aromatic N) is 2. The first-order valence-electron chi connectivity index (χ1n) is 6.50. The van der Waals surface area contributed by atoms with Crippen LogP contribution in [-0.2, 0) is 11.3 Å². The molecular weight excluding hydrogens is 307 g/mol. The van der Waals surface area contributed by atoms with E-state index >= 15 is 0 Å². The van der Waals surface area contributed by atoms with E-state index in [1.165, 1.54) is 46.5 Å². The molecule has 0 N–H and O–H groups in total. The van der Waals surface area contributed by atoms with Crippen molar-refractivity contribution in [3.8, 4) is 0 Å². The summed E-state index contributed by atoms with van der Waals surface area (Å²) in [6.45, 7) is 0.251. The van der Waals surface area contributed by atoms with Crippen LogP contribution < -0.4 is 5.56 Å². The van der Waals surface area contributed by atoms with E-state index in [1.54, 1.807) is 11.4 Å². The average Bonchev–Trinajstić information content (AvgIpc) is 2.99. The molecule has 3 aromatic rings. The number of carbonyl (C=O) groups is 1. The van der Waals surface area contributed by atoms with Crippen LogP contribution in [0.3, 0.4) is 0 Å². The SMILES string of the molecule is O=C(OCCn1cnc2ccsc2c1=O)c1ccc(F)cc1. The minimum atomic E-state index is -0.557. The van der Waals surface area contributed by atoms with E-state index < -0.39 is 11.8 Å². The Bertz CT molecular complexity index is 870. The summed E-state index contributed by atoms with van der Waals surface area (Å²) >= 11 is 1.33. The van der Waals surface area contributed by atoms with E-state index in [0.29, 0.717) is 10.2 Å². The van der Waals surface area contributed by atoms with E-state index in [1.807, 2.05) is 0 Å². The molecule has 1 aromatic carbocycles. The van der Waals surface area contributed by atoms with Crippen molar-refractivity contribution in [2.24, 2.45) is 0 Å². The zero-order chi connectivity index (χ0) is 15.5. The molecule has 0 saturated heterocycles. The Morgan fingerprint density at radius 1 is 1.27 bits per heavy atom. The Kier molecular flexibility index (Phi) is 3.97. The fourth-order valence-electron chi connectivity index (χ4n) is 1.94. The molecule has 5 nitrogen and oxygen atoms in total. The number of hydrogen-bond acceptors (Lipinski definition) is 5. The van der Waals surface area contributed by atoms with Gasteiger partial charge in [-0.3, -0.25) is 9.36 Å². The molecule has 7 heteroatoms. The number of thiophene rings is 1. The summed E-state index contributed by atoms with van der Waals surface area (Å²) in [4.78, 5) is 28.0. The zero-order valence-electron chi connectivity index (χ0n) is 11.4. The third-order valence-electron chi connectivity index (χ3n) is 3.08. The van der Waals surface area contributed by atoms with Crippen LogP contribution in [0.15, 0.2) is 46.8 Å². The summed E-state index contributed by atoms with van der Waals surface area (Å²) in [6.07, 6.45) is 1.43. The van der Waals surface area contributed by atoms with Gasteiger partial charge in [-0.25, -0.2) is 14.2 Å². The molecule has 0 radical (unpaired) electrons. The average molecular weight is 318 g/mol. The van der Waals surface area contributed by atoms with Gasteiger partial charge in [0.25, 0.3) is 5.56 Å². The molecule has 0 aliphatic heterocycles. The van der Waals surface area contributed by atoms with Crippen LogP contribution in [0.2, 0.25) is 0 Å². The third kappa shape index (κ3) is 2.89. The Morgan fingerprint density at radius 3 is 2.82 bits per heavy atom. The minimum absolute atomic E-state index is 0.0364. The van der Waals surface area contributed by atoms with Crippen molar-refractivity contribution < 1.29 is 13.9 Å². The summed E-state index contributed by atoms with van der Waals surface area (Å²) in [5.41, 5.74) is 0.771. The van der Waals surface area contributed by atoms with Crippen LogP contribution in [0.1, 0.15) is 10.4 Å². The van der Waals surface area contributed by atoms with Gasteiger partial charge in [0.2, 0.25) is 0 Å². The van der Waals surface area contributed by atoms with E-state index in [0.717, 1.165) is 0 Å². The van der Waals surface area contributed by atoms with Crippen LogP contribution in [0.4, 0.5) is 4.39 Å². The standard InChI is InChI=1S/C15H11FN2O3S/c16-11-3-1-10(2-4-11)15(20)21-7-6-18-9-17-12-5-8-22-13(12)14(18)19/h1-5,8-9H,6-7H2. The molecule has 2 aromatic heterocycles. The highest BCUT2D eigenvalue weighted by atomic mass is 32.1. The van der Waals surface area contributed by atoms with Gasteiger partial charge in [0.15, 0.2) is 0 Å². The van der Waals surface area contributed by atoms with Crippen molar-refractivity contribution in [1.29, 1.82) is 0 Å². The number of carbonyl (C=O) groups excluding carboxylic acids is 1. The first kappa shape index (κ1) is 14.4. The van der Waals surface area contributed by atoms with Crippen LogP contribution >= 0.6 is 11.3 Å². The number of esters is 1. The summed E-state index contributed by atoms with van der Waals surface area (Å²) in [6, 6.07) is 6.86. The smallest absolute Gasteiger partial charge is 0.338 e. The van der Waals surface area contributed by atoms with Gasteiger partial charge in [-0.2, -0.15) is 0 Å². The number of halogens is 1. The number of hydrogen-bond donors (Lipinski definition) is 0. The monoisotopic (exact) mass is 318 g/mol. The fourth-order valence-corrected chi connectivity index (χ4v) is 2.74. The van der Waals surface area contributed by atoms with Gasteiger partial charge in [-0.15, -0.1) is 11.3 Å². The van der Waals surface area contributed by atoms with Gasteiger partial charge in [-0.1, -0.05) is 0 Å². The van der Waals surface area contributed by atoms with Gasteiger partial charge in [0, 0.05) is 0 Å². The molecular formula is C15H11FN2O3S. The second-order valence-corrected chi connectivity index (χ2v) is 5.44. The van der Waals surface area contributed by atoms with Crippen molar-refractivity contribution >= 4 is 27.5 Å². The Hall–Kier alpha value is -2.54. The molecule has 2 heterocycles. The van der Waals surface area contributed by atoms with Crippen molar-refractivity contribution in [3.63, 3.8) is 0 Å². The summed E-state index contributed by atoms with van der Waals surface area (Å²) in [7, 11) is 0. The lowest BCUT2D eigenvalue weighted by atomic mass is 10.2. The largest absolute Gasteiger partial charge is 0.460 e. The lowest BCUT2D eigenvalue weighted by Gasteiger charge is -2.07. The number of aromatic nitrogens is 2. The molecule has 22 heavy (non-hydrogen) atoms. The summed E-state index contributed by atoms with van der Waals surface area (Å²) in [5.74, 6) is -0.975. The van der Waals surface area contributed by atoms with Gasteiger partial charge >= 0.3 is 5.97 Å². The topological polar surface area (TPSA) is 61.2 Å². The van der Waals surface area contributed by atoms with Crippen LogP contribution in [0.5, 0.6) is 0 Å². The Morgan fingerprint density at radius 2 is 2.05 bits per heavy atom. The normalized spacial score (nSPS) is 10.8. The first-order valence-corrected chi connectivity index (χ1v) is 7.38. The lowest BCUT2D eigenvalue weighted by molar-refractivity contribution is 0.0490. The Labute approximate surface area is 128 Å². The molecule has 0 aliphatic carbocycles. The van der Waals surface area contributed by atoms with Gasteiger partial charge in [0.1, 0.15) is 17.1 Å². The maximum Gasteiger partial charge on any atom is 0.338 e. The fraction of sp³-hybridized carbons (Fsp3) is 0.133. The van der Waals surface area contributed by atoms with E-state index in [9.17, 15) is 14.0 Å². The van der Waals surface area contributed by atoms with Crippen LogP contribution in [0, 0.1) is 5.82 Å². The van der Waals surface area contributed by atoms with Crippen molar-refractivity contribution in [1.82, 2.24) is 9.55 Å². The van der Waals surface area contributed by atoms with Crippen LogP contribution in [-0.4, -0.2) is 22.1 Å². The van der Waals surface area contributed by atoms with Gasteiger partial charge in [-0.05, 0) is 35.7 Å². The van der Waals surface area contributed by atoms with Crippen molar-refractivity contribution in [2.45, 2.75) is 6.54 Å². The van der Waals surface area contributed by atoms with E-state index in [2.05, 4.69) is 4.98 Å². The maximum absolute atomic E-state index is 12.8. The molecule has 0 aliphatic rings. The molecule has 0 atom stereocenters. The summed E-state index contributed by atoms with van der Waals surface area (Å²) < 4.78 is 19.8. The van der Waals surface area contributed by atoms with Crippen LogP contribution in [0.25, 0.3) is 10.2 Å². The van der Waals surface area contributed by atoms with Crippen molar-refractivity contribution in [3.05, 3.63) is 63.8 Å². The number of ether oxygens (including phenoxy) is 1. The zero-order valence-corrected chi connectivity index (χ0v) is 12.2. The van der Waals surface area contributed by atoms with Crippen molar-refractivity contribution in [2.75, 3.05) is 6.61 Å². The molecule has 0 saturated carbocycles. The number of benzene rings is 1. The second-order valence-electron chi connectivity index (χ2n) is 4.52. The highest BCUT2D eigenvalue weighted by molar-refractivity contribution is 7.17. The molecule has 0 unspecified atom stereocenters. The summed E-state index contributed by atoms with van der Waals surface area (Å²) in [5, 5.41) is 1.80. The van der Waals surface area contributed by atoms with Gasteiger partial charge < -0.3 is 4.74 Å². The maximum atomic E-state index is 12.8. The van der Waals surface area contributed by atoms with E-state index in [4.69, 9.17) is 4.74 Å². The molecule has 0 spiro atoms. The van der Waals surface area contributed by atoms with E-state index in [-0.39, 0.29) is 24.3 Å². The second kappa shape index (κ2) is 6.07. The lowest BCUT2D eigenvalue weighted by Crippen LogP contribution is -2.23. The molecule has 0 amide bonds. The molecule has 3 rings (SSSR count). The van der Waals surface area contributed by atoms with Gasteiger partial charge in [0.05, 0.1) is 24.0 Å². The highest BCUT2D eigenvalue weighted by Gasteiger charge is 2.08. The third-order valence-corrected chi connectivity index (χ3v) is 3.97. The predicted molar refractivity (Wildman–Crippen MR) is 80.6 cm³/mol. The number of fused-ring (bicyclic) bond motifs is 1. The molecule has 112 valence electrons. The molecule has 0 bridgehead atoms. The highest BCUT2D eigenvalue weighted by Crippen LogP contribution is 2.13. The number of rotatable bonds is 4. The quantitative estimate of drug-likeness (QED) is 0.693. The first-order chi connectivity index (χ1) is 10.6.